The highest BCUT2D eigenvalue weighted by atomic mass is 35.5. The van der Waals surface area contributed by atoms with Crippen LogP contribution in [0.25, 0.3) is 0 Å². The Hall–Kier alpha value is -0.880. The van der Waals surface area contributed by atoms with Crippen LogP contribution in [0.5, 0.6) is 0 Å². The van der Waals surface area contributed by atoms with Gasteiger partial charge in [0.05, 0.1) is 10.9 Å². The number of nitrogens with one attached hydrogen (secondary N) is 1. The first-order valence-corrected chi connectivity index (χ1v) is 8.04. The molecule has 1 unspecified atom stereocenters. The highest BCUT2D eigenvalue weighted by molar-refractivity contribution is 7.89. The summed E-state index contributed by atoms with van der Waals surface area (Å²) in [4.78, 5) is 1.20. The van der Waals surface area contributed by atoms with Crippen LogP contribution in [-0.2, 0) is 10.0 Å². The van der Waals surface area contributed by atoms with Gasteiger partial charge in [0.15, 0.2) is 0 Å². The molecule has 1 aromatic carbocycles. The van der Waals surface area contributed by atoms with Crippen LogP contribution in [0.2, 0.25) is 5.02 Å². The highest BCUT2D eigenvalue weighted by Crippen LogP contribution is 2.21. The van der Waals surface area contributed by atoms with Gasteiger partial charge in [-0.15, -0.1) is 11.3 Å². The van der Waals surface area contributed by atoms with Crippen molar-refractivity contribution >= 4 is 33.0 Å². The first kappa shape index (κ1) is 13.5. The minimum absolute atomic E-state index is 0.218. The van der Waals surface area contributed by atoms with Gasteiger partial charge in [-0.3, -0.25) is 0 Å². The largest absolute Gasteiger partial charge is 0.241 e. The molecule has 6 heteroatoms. The van der Waals surface area contributed by atoms with E-state index in [0.29, 0.717) is 5.02 Å². The Labute approximate surface area is 115 Å². The third-order valence-corrected chi connectivity index (χ3v) is 5.29. The lowest BCUT2D eigenvalue weighted by molar-refractivity contribution is 0.568. The maximum absolute atomic E-state index is 12.1. The van der Waals surface area contributed by atoms with Crippen LogP contribution in [-0.4, -0.2) is 8.42 Å². The summed E-state index contributed by atoms with van der Waals surface area (Å²) in [5, 5.41) is 2.43. The monoisotopic (exact) mass is 301 g/mol. The summed E-state index contributed by atoms with van der Waals surface area (Å²) < 4.78 is 26.8. The number of sulfonamides is 1. The summed E-state index contributed by atoms with van der Waals surface area (Å²) in [7, 11) is -3.50. The lowest BCUT2D eigenvalue weighted by Crippen LogP contribution is -2.26. The summed E-state index contributed by atoms with van der Waals surface area (Å²) in [6.07, 6.45) is 0. The molecule has 0 aliphatic heterocycles. The van der Waals surface area contributed by atoms with E-state index in [1.807, 2.05) is 24.4 Å². The lowest BCUT2D eigenvalue weighted by atomic mass is 10.3. The molecule has 1 atom stereocenters. The first-order chi connectivity index (χ1) is 8.49. The normalized spacial score (nSPS) is 13.4. The third-order valence-electron chi connectivity index (χ3n) is 2.43. The molecule has 0 amide bonds. The van der Waals surface area contributed by atoms with Gasteiger partial charge in [-0.2, -0.15) is 0 Å². The van der Waals surface area contributed by atoms with Gasteiger partial charge in [0.25, 0.3) is 0 Å². The molecule has 96 valence electrons. The van der Waals surface area contributed by atoms with Gasteiger partial charge in [0.2, 0.25) is 10.0 Å². The number of rotatable bonds is 4. The summed E-state index contributed by atoms with van der Waals surface area (Å²) in [6, 6.07) is 9.66. The fourth-order valence-electron chi connectivity index (χ4n) is 1.51. The molecule has 3 nitrogen and oxygen atoms in total. The van der Waals surface area contributed by atoms with E-state index in [2.05, 4.69) is 4.72 Å². The summed E-state index contributed by atoms with van der Waals surface area (Å²) in [6.45, 7) is 1.82. The Kier molecular flexibility index (Phi) is 4.07. The van der Waals surface area contributed by atoms with Crippen molar-refractivity contribution in [2.75, 3.05) is 0 Å². The molecule has 1 N–H and O–H groups in total. The minimum Gasteiger partial charge on any atom is -0.207 e. The molecule has 0 saturated carbocycles. The van der Waals surface area contributed by atoms with Crippen LogP contribution in [0.1, 0.15) is 17.8 Å². The lowest BCUT2D eigenvalue weighted by Gasteiger charge is -2.12. The molecule has 18 heavy (non-hydrogen) atoms. The van der Waals surface area contributed by atoms with Crippen LogP contribution in [0.3, 0.4) is 0 Å². The van der Waals surface area contributed by atoms with Crippen molar-refractivity contribution in [3.8, 4) is 0 Å². The maximum Gasteiger partial charge on any atom is 0.241 e. The zero-order valence-corrected chi connectivity index (χ0v) is 12.0. The molecular formula is C12H12ClNO2S2. The van der Waals surface area contributed by atoms with Gasteiger partial charge in [-0.25, -0.2) is 13.1 Å². The van der Waals surface area contributed by atoms with E-state index in [1.54, 1.807) is 12.1 Å². The maximum atomic E-state index is 12.1. The van der Waals surface area contributed by atoms with Crippen molar-refractivity contribution in [2.45, 2.75) is 17.9 Å². The summed E-state index contributed by atoms with van der Waals surface area (Å²) >= 11 is 7.26. The number of hydrogen-bond acceptors (Lipinski definition) is 3. The van der Waals surface area contributed by atoms with Gasteiger partial charge in [0.1, 0.15) is 0 Å². The molecule has 0 aliphatic rings. The Balaban J connectivity index is 2.20. The molecule has 1 aromatic heterocycles. The second-order valence-corrected chi connectivity index (χ2v) is 6.94. The SMILES string of the molecule is CC(NS(=O)(=O)c1ccc(Cl)cc1)c1cccs1. The number of benzene rings is 1. The fourth-order valence-corrected chi connectivity index (χ4v) is 3.67. The molecule has 0 aliphatic carbocycles. The summed E-state index contributed by atoms with van der Waals surface area (Å²) in [5.74, 6) is 0. The molecule has 0 spiro atoms. The quantitative estimate of drug-likeness (QED) is 0.940. The van der Waals surface area contributed by atoms with Gasteiger partial charge in [0, 0.05) is 9.90 Å². The van der Waals surface area contributed by atoms with Crippen LogP contribution in [0, 0.1) is 0 Å². The Morgan fingerprint density at radius 1 is 1.22 bits per heavy atom. The van der Waals surface area contributed by atoms with Gasteiger partial charge in [-0.05, 0) is 42.6 Å². The molecule has 0 fully saturated rings. The number of hydrogen-bond donors (Lipinski definition) is 1. The molecule has 0 bridgehead atoms. The molecule has 1 heterocycles. The molecule has 2 aromatic rings. The predicted molar refractivity (Wildman–Crippen MR) is 74.5 cm³/mol. The van der Waals surface area contributed by atoms with Crippen LogP contribution in [0.15, 0.2) is 46.7 Å². The predicted octanol–water partition coefficient (Wildman–Crippen LogP) is 3.44. The van der Waals surface area contributed by atoms with Crippen molar-refractivity contribution < 1.29 is 8.42 Å². The zero-order valence-electron chi connectivity index (χ0n) is 9.63. The average molecular weight is 302 g/mol. The van der Waals surface area contributed by atoms with E-state index in [1.165, 1.54) is 23.5 Å². The van der Waals surface area contributed by atoms with Crippen molar-refractivity contribution in [1.82, 2.24) is 4.72 Å². The standard InChI is InChI=1S/C12H12ClNO2S2/c1-9(12-3-2-8-17-12)14-18(15,16)11-6-4-10(13)5-7-11/h2-9,14H,1H3. The van der Waals surface area contributed by atoms with Crippen molar-refractivity contribution in [3.05, 3.63) is 51.7 Å². The zero-order chi connectivity index (χ0) is 13.2. The smallest absolute Gasteiger partial charge is 0.207 e. The first-order valence-electron chi connectivity index (χ1n) is 5.30. The van der Waals surface area contributed by atoms with Crippen molar-refractivity contribution in [1.29, 1.82) is 0 Å². The van der Waals surface area contributed by atoms with Gasteiger partial charge in [-0.1, -0.05) is 17.7 Å². The molecular weight excluding hydrogens is 290 g/mol. The van der Waals surface area contributed by atoms with E-state index >= 15 is 0 Å². The molecule has 0 saturated heterocycles. The molecule has 2 rings (SSSR count). The fraction of sp³-hybridized carbons (Fsp3) is 0.167. The second-order valence-electron chi connectivity index (χ2n) is 3.81. The Bertz CT molecular complexity index is 606. The molecule has 0 radical (unpaired) electrons. The van der Waals surface area contributed by atoms with E-state index in [-0.39, 0.29) is 10.9 Å². The summed E-state index contributed by atoms with van der Waals surface area (Å²) in [5.41, 5.74) is 0. The van der Waals surface area contributed by atoms with Crippen molar-refractivity contribution in [3.63, 3.8) is 0 Å². The number of halogens is 1. The third kappa shape index (κ3) is 3.11. The Morgan fingerprint density at radius 3 is 2.44 bits per heavy atom. The highest BCUT2D eigenvalue weighted by Gasteiger charge is 2.18. The van der Waals surface area contributed by atoms with E-state index in [4.69, 9.17) is 11.6 Å². The Morgan fingerprint density at radius 2 is 1.89 bits per heavy atom. The average Bonchev–Trinajstić information content (AvgIpc) is 2.82. The van der Waals surface area contributed by atoms with Crippen LogP contribution in [0.4, 0.5) is 0 Å². The van der Waals surface area contributed by atoms with Gasteiger partial charge < -0.3 is 0 Å². The topological polar surface area (TPSA) is 46.2 Å². The van der Waals surface area contributed by atoms with Crippen LogP contribution < -0.4 is 4.72 Å². The number of thiophene rings is 1. The van der Waals surface area contributed by atoms with E-state index in [9.17, 15) is 8.42 Å². The minimum atomic E-state index is -3.50. The van der Waals surface area contributed by atoms with Gasteiger partial charge >= 0.3 is 0 Å². The van der Waals surface area contributed by atoms with Crippen molar-refractivity contribution in [2.24, 2.45) is 0 Å². The second kappa shape index (κ2) is 5.40. The van der Waals surface area contributed by atoms with Crippen LogP contribution >= 0.6 is 22.9 Å². The van der Waals surface area contributed by atoms with E-state index in [0.717, 1.165) is 4.88 Å². The van der Waals surface area contributed by atoms with E-state index < -0.39 is 10.0 Å².